The van der Waals surface area contributed by atoms with Crippen molar-refractivity contribution in [1.82, 2.24) is 35.1 Å². The van der Waals surface area contributed by atoms with Crippen molar-refractivity contribution in [2.24, 2.45) is 5.92 Å². The quantitative estimate of drug-likeness (QED) is 0.530. The molecule has 1 N–H and O–H groups in total. The number of carbonyl (C=O) groups is 1. The molecule has 8 nitrogen and oxygen atoms in total. The van der Waals surface area contributed by atoms with Gasteiger partial charge in [-0.2, -0.15) is 0 Å². The predicted molar refractivity (Wildman–Crippen MR) is 114 cm³/mol. The highest BCUT2D eigenvalue weighted by Crippen LogP contribution is 2.29. The fourth-order valence-electron chi connectivity index (χ4n) is 3.62. The second-order valence-electron chi connectivity index (χ2n) is 7.92. The number of aromatic nitrogens is 6. The number of tetrazole rings is 1. The number of fused-ring (bicyclic) bond motifs is 1. The van der Waals surface area contributed by atoms with Crippen LogP contribution in [-0.2, 0) is 0 Å². The third-order valence-electron chi connectivity index (χ3n) is 5.11. The van der Waals surface area contributed by atoms with Crippen LogP contribution in [0.1, 0.15) is 56.0 Å². The molecule has 0 saturated carbocycles. The number of imidazole rings is 1. The first kappa shape index (κ1) is 19.8. The van der Waals surface area contributed by atoms with Crippen molar-refractivity contribution in [1.29, 1.82) is 0 Å². The molecule has 1 atom stereocenters. The Hall–Kier alpha value is -3.55. The molecule has 30 heavy (non-hydrogen) atoms. The van der Waals surface area contributed by atoms with Gasteiger partial charge in [0.2, 0.25) is 0 Å². The maximum Gasteiger partial charge on any atom is 0.251 e. The standard InChI is InChI=1S/C22H25N7O/c1-14(2)20(21-24-18-7-5-6-8-19(18)29(21)15(3)4)25-22(30)16-9-11-17(12-10-16)28-13-23-26-27-28/h5-15,20H,1-4H3,(H,25,30)/t20-/m1/s1. The number of benzene rings is 2. The van der Waals surface area contributed by atoms with Crippen molar-refractivity contribution in [2.45, 2.75) is 39.8 Å². The van der Waals surface area contributed by atoms with E-state index in [0.29, 0.717) is 5.56 Å². The van der Waals surface area contributed by atoms with Crippen LogP contribution >= 0.6 is 0 Å². The summed E-state index contributed by atoms with van der Waals surface area (Å²) < 4.78 is 3.75. The number of hydrogen-bond acceptors (Lipinski definition) is 5. The highest BCUT2D eigenvalue weighted by molar-refractivity contribution is 5.94. The normalized spacial score (nSPS) is 12.6. The zero-order chi connectivity index (χ0) is 21.3. The summed E-state index contributed by atoms with van der Waals surface area (Å²) in [5, 5.41) is 14.3. The van der Waals surface area contributed by atoms with Gasteiger partial charge < -0.3 is 9.88 Å². The molecular weight excluding hydrogens is 378 g/mol. The summed E-state index contributed by atoms with van der Waals surface area (Å²) in [5.41, 5.74) is 3.38. The molecule has 0 spiro atoms. The molecule has 1 amide bonds. The van der Waals surface area contributed by atoms with Gasteiger partial charge in [-0.3, -0.25) is 4.79 Å². The van der Waals surface area contributed by atoms with E-state index in [-0.39, 0.29) is 23.9 Å². The maximum atomic E-state index is 13.0. The lowest BCUT2D eigenvalue weighted by Gasteiger charge is -2.25. The first-order valence-electron chi connectivity index (χ1n) is 10.1. The molecule has 4 rings (SSSR count). The van der Waals surface area contributed by atoms with Crippen LogP contribution in [0.4, 0.5) is 0 Å². The minimum Gasteiger partial charge on any atom is -0.342 e. The third-order valence-corrected chi connectivity index (χ3v) is 5.11. The van der Waals surface area contributed by atoms with E-state index in [1.165, 1.54) is 6.33 Å². The molecule has 0 aliphatic heterocycles. The van der Waals surface area contributed by atoms with Crippen LogP contribution in [-0.4, -0.2) is 35.7 Å². The van der Waals surface area contributed by atoms with E-state index < -0.39 is 0 Å². The van der Waals surface area contributed by atoms with Gasteiger partial charge in [-0.1, -0.05) is 26.0 Å². The van der Waals surface area contributed by atoms with Crippen molar-refractivity contribution >= 4 is 16.9 Å². The highest BCUT2D eigenvalue weighted by Gasteiger charge is 2.26. The number of rotatable bonds is 6. The number of nitrogens with zero attached hydrogens (tertiary/aromatic N) is 6. The van der Waals surface area contributed by atoms with Crippen molar-refractivity contribution < 1.29 is 4.79 Å². The van der Waals surface area contributed by atoms with Gasteiger partial charge in [-0.15, -0.1) is 5.10 Å². The van der Waals surface area contributed by atoms with E-state index in [0.717, 1.165) is 22.5 Å². The van der Waals surface area contributed by atoms with Gasteiger partial charge in [0, 0.05) is 11.6 Å². The van der Waals surface area contributed by atoms with Gasteiger partial charge in [0.05, 0.1) is 22.8 Å². The van der Waals surface area contributed by atoms with Gasteiger partial charge in [0.1, 0.15) is 12.2 Å². The zero-order valence-electron chi connectivity index (χ0n) is 17.5. The van der Waals surface area contributed by atoms with Crippen LogP contribution in [0.25, 0.3) is 16.7 Å². The Kier molecular flexibility index (Phi) is 5.31. The molecule has 0 fully saturated rings. The molecule has 4 aromatic rings. The molecule has 8 heteroatoms. The Bertz CT molecular complexity index is 1140. The smallest absolute Gasteiger partial charge is 0.251 e. The summed E-state index contributed by atoms with van der Waals surface area (Å²) in [7, 11) is 0. The van der Waals surface area contributed by atoms with E-state index in [9.17, 15) is 4.79 Å². The van der Waals surface area contributed by atoms with E-state index in [1.54, 1.807) is 16.8 Å². The van der Waals surface area contributed by atoms with Crippen molar-refractivity contribution in [3.63, 3.8) is 0 Å². The minimum atomic E-state index is -0.216. The molecule has 2 aromatic heterocycles. The van der Waals surface area contributed by atoms with E-state index in [4.69, 9.17) is 4.98 Å². The van der Waals surface area contributed by atoms with Crippen LogP contribution < -0.4 is 5.32 Å². The molecule has 154 valence electrons. The van der Waals surface area contributed by atoms with Crippen molar-refractivity contribution in [3.8, 4) is 5.69 Å². The van der Waals surface area contributed by atoms with Crippen molar-refractivity contribution in [3.05, 3.63) is 66.2 Å². The first-order chi connectivity index (χ1) is 14.5. The lowest BCUT2D eigenvalue weighted by molar-refractivity contribution is 0.0921. The minimum absolute atomic E-state index is 0.140. The molecule has 0 aliphatic carbocycles. The summed E-state index contributed by atoms with van der Waals surface area (Å²) in [6.07, 6.45) is 1.51. The van der Waals surface area contributed by atoms with E-state index >= 15 is 0 Å². The SMILES string of the molecule is CC(C)[C@@H](NC(=O)c1ccc(-n2cnnn2)cc1)c1nc2ccccc2n1C(C)C. The van der Waals surface area contributed by atoms with Crippen LogP contribution in [0.2, 0.25) is 0 Å². The van der Waals surface area contributed by atoms with E-state index in [2.05, 4.69) is 59.2 Å². The average Bonchev–Trinajstić information content (AvgIpc) is 3.39. The summed E-state index contributed by atoms with van der Waals surface area (Å²) in [4.78, 5) is 17.9. The average molecular weight is 403 g/mol. The lowest BCUT2D eigenvalue weighted by atomic mass is 10.0. The largest absolute Gasteiger partial charge is 0.342 e. The van der Waals surface area contributed by atoms with Crippen LogP contribution in [0.15, 0.2) is 54.9 Å². The molecule has 0 radical (unpaired) electrons. The highest BCUT2D eigenvalue weighted by atomic mass is 16.1. The van der Waals surface area contributed by atoms with E-state index in [1.807, 2.05) is 30.3 Å². The van der Waals surface area contributed by atoms with Gasteiger partial charge in [-0.25, -0.2) is 9.67 Å². The Morgan fingerprint density at radius 3 is 2.37 bits per heavy atom. The van der Waals surface area contributed by atoms with Gasteiger partial charge in [-0.05, 0) is 66.6 Å². The second-order valence-corrected chi connectivity index (χ2v) is 7.92. The molecule has 0 saturated heterocycles. The Morgan fingerprint density at radius 1 is 1.00 bits per heavy atom. The van der Waals surface area contributed by atoms with Crippen LogP contribution in [0.5, 0.6) is 0 Å². The number of para-hydroxylation sites is 2. The Labute approximate surface area is 174 Å². The second kappa shape index (κ2) is 8.06. The van der Waals surface area contributed by atoms with Gasteiger partial charge >= 0.3 is 0 Å². The lowest BCUT2D eigenvalue weighted by Crippen LogP contribution is -2.34. The summed E-state index contributed by atoms with van der Waals surface area (Å²) in [6.45, 7) is 8.45. The van der Waals surface area contributed by atoms with Gasteiger partial charge in [0.25, 0.3) is 5.91 Å². The van der Waals surface area contributed by atoms with Crippen LogP contribution in [0.3, 0.4) is 0 Å². The summed E-state index contributed by atoms with van der Waals surface area (Å²) >= 11 is 0. The maximum absolute atomic E-state index is 13.0. The number of amides is 1. The molecule has 2 heterocycles. The Morgan fingerprint density at radius 2 is 1.73 bits per heavy atom. The molecule has 0 bridgehead atoms. The fraction of sp³-hybridized carbons (Fsp3) is 0.318. The summed E-state index contributed by atoms with van der Waals surface area (Å²) in [6, 6.07) is 15.3. The Balaban J connectivity index is 1.64. The molecule has 0 unspecified atom stereocenters. The molecular formula is C22H25N7O. The van der Waals surface area contributed by atoms with Crippen molar-refractivity contribution in [2.75, 3.05) is 0 Å². The fourth-order valence-corrected chi connectivity index (χ4v) is 3.62. The molecule has 2 aromatic carbocycles. The topological polar surface area (TPSA) is 90.5 Å². The molecule has 0 aliphatic rings. The number of hydrogen-bond donors (Lipinski definition) is 1. The first-order valence-corrected chi connectivity index (χ1v) is 10.1. The summed E-state index contributed by atoms with van der Waals surface area (Å²) in [5.74, 6) is 0.906. The van der Waals surface area contributed by atoms with Gasteiger partial charge in [0.15, 0.2) is 0 Å². The number of carbonyl (C=O) groups excluding carboxylic acids is 1. The third kappa shape index (κ3) is 3.68. The van der Waals surface area contributed by atoms with Crippen LogP contribution in [0, 0.1) is 5.92 Å². The monoisotopic (exact) mass is 403 g/mol. The predicted octanol–water partition coefficient (Wildman–Crippen LogP) is 3.72. The zero-order valence-corrected chi connectivity index (χ0v) is 17.5. The number of nitrogens with one attached hydrogen (secondary N) is 1.